The summed E-state index contributed by atoms with van der Waals surface area (Å²) < 4.78 is 0.338. The molecule has 5 nitrogen and oxygen atoms in total. The molecule has 0 unspecified atom stereocenters. The fraction of sp³-hybridized carbons (Fsp3) is 0.111. The van der Waals surface area contributed by atoms with Crippen LogP contribution in [0.2, 0.25) is 0 Å². The summed E-state index contributed by atoms with van der Waals surface area (Å²) in [7, 11) is 0. The van der Waals surface area contributed by atoms with E-state index in [9.17, 15) is 14.9 Å². The minimum Gasteiger partial charge on any atom is -0.293 e. The number of nitriles is 1. The number of hydrogen-bond acceptors (Lipinski definition) is 4. The lowest BCUT2D eigenvalue weighted by atomic mass is 10.0. The van der Waals surface area contributed by atoms with Crippen molar-refractivity contribution in [3.05, 3.63) is 36.9 Å². The van der Waals surface area contributed by atoms with Gasteiger partial charge in [0.05, 0.1) is 13.8 Å². The minimum absolute atomic E-state index is 0.0272. The average molecular weight is 395 g/mol. The topological polar surface area (TPSA) is 84.0 Å². The monoisotopic (exact) mass is 394 g/mol. The lowest BCUT2D eigenvalue weighted by Gasteiger charge is -2.03. The van der Waals surface area contributed by atoms with Gasteiger partial charge in [-0.3, -0.25) is 14.9 Å². The van der Waals surface area contributed by atoms with E-state index in [1.165, 1.54) is 12.1 Å². The van der Waals surface area contributed by atoms with Gasteiger partial charge in [-0.15, -0.1) is 0 Å². The number of hydrogen-bond donors (Lipinski definition) is 0. The van der Waals surface area contributed by atoms with E-state index in [1.807, 2.05) is 0 Å². The van der Waals surface area contributed by atoms with E-state index in [1.54, 1.807) is 28.7 Å². The summed E-state index contributed by atoms with van der Waals surface area (Å²) in [6.07, 6.45) is 0. The van der Waals surface area contributed by atoms with Crippen molar-refractivity contribution in [2.45, 2.75) is 0 Å². The van der Waals surface area contributed by atoms with Crippen molar-refractivity contribution in [1.29, 1.82) is 5.26 Å². The molecule has 0 saturated heterocycles. The third-order valence-corrected chi connectivity index (χ3v) is 3.22. The van der Waals surface area contributed by atoms with Crippen LogP contribution in [0.5, 0.6) is 0 Å². The summed E-state index contributed by atoms with van der Waals surface area (Å²) in [6.45, 7) is 0. The Kier molecular flexibility index (Phi) is 4.37. The molecule has 1 aromatic carbocycles. The molecule has 0 saturated carbocycles. The molecule has 1 rings (SSSR count). The van der Waals surface area contributed by atoms with Crippen LogP contribution < -0.4 is 0 Å². The van der Waals surface area contributed by atoms with Gasteiger partial charge in [0.1, 0.15) is 11.6 Å². The molecule has 0 fully saturated rings. The molecule has 0 aliphatic rings. The minimum atomic E-state index is -0.647. The SMILES string of the molecule is N#Cc1c(C(=O)CBr)ccc(I)c1[N+](=O)[O-]. The quantitative estimate of drug-likeness (QED) is 0.259. The molecule has 0 N–H and O–H groups in total. The van der Waals surface area contributed by atoms with Gasteiger partial charge in [-0.1, -0.05) is 15.9 Å². The summed E-state index contributed by atoms with van der Waals surface area (Å²) in [5.74, 6) is -0.351. The molecule has 0 aromatic heterocycles. The molecule has 0 radical (unpaired) electrons. The summed E-state index contributed by atoms with van der Waals surface area (Å²) >= 11 is 4.73. The van der Waals surface area contributed by atoms with Crippen molar-refractivity contribution in [3.8, 4) is 6.07 Å². The number of halogens is 2. The number of nitrogens with zero attached hydrogens (tertiary/aromatic N) is 2. The van der Waals surface area contributed by atoms with Gasteiger partial charge in [-0.05, 0) is 34.7 Å². The third kappa shape index (κ3) is 2.38. The highest BCUT2D eigenvalue weighted by Crippen LogP contribution is 2.28. The highest BCUT2D eigenvalue weighted by Gasteiger charge is 2.24. The Morgan fingerprint density at radius 3 is 2.69 bits per heavy atom. The van der Waals surface area contributed by atoms with Gasteiger partial charge in [-0.2, -0.15) is 5.26 Å². The van der Waals surface area contributed by atoms with Crippen LogP contribution in [-0.4, -0.2) is 16.0 Å². The number of alkyl halides is 1. The molecule has 0 aliphatic carbocycles. The molecule has 1 aromatic rings. The maximum Gasteiger partial charge on any atom is 0.301 e. The van der Waals surface area contributed by atoms with Gasteiger partial charge in [0.2, 0.25) is 0 Å². The van der Waals surface area contributed by atoms with E-state index < -0.39 is 4.92 Å². The maximum atomic E-state index is 11.5. The summed E-state index contributed by atoms with van der Waals surface area (Å²) in [5, 5.41) is 19.7. The van der Waals surface area contributed by atoms with E-state index in [2.05, 4.69) is 15.9 Å². The van der Waals surface area contributed by atoms with E-state index >= 15 is 0 Å². The fourth-order valence-electron chi connectivity index (χ4n) is 1.16. The third-order valence-electron chi connectivity index (χ3n) is 1.84. The second-order valence-electron chi connectivity index (χ2n) is 2.74. The maximum absolute atomic E-state index is 11.5. The number of benzene rings is 1. The first-order valence-electron chi connectivity index (χ1n) is 3.99. The van der Waals surface area contributed by atoms with Crippen molar-refractivity contribution < 1.29 is 9.72 Å². The van der Waals surface area contributed by atoms with Crippen LogP contribution in [0.15, 0.2) is 12.1 Å². The van der Waals surface area contributed by atoms with Crippen molar-refractivity contribution in [2.75, 3.05) is 5.33 Å². The van der Waals surface area contributed by atoms with Crippen molar-refractivity contribution in [2.24, 2.45) is 0 Å². The van der Waals surface area contributed by atoms with Gasteiger partial charge in [-0.25, -0.2) is 0 Å². The van der Waals surface area contributed by atoms with E-state index in [0.717, 1.165) is 0 Å². The lowest BCUT2D eigenvalue weighted by Crippen LogP contribution is -2.07. The predicted octanol–water partition coefficient (Wildman–Crippen LogP) is 2.65. The van der Waals surface area contributed by atoms with Gasteiger partial charge in [0.25, 0.3) is 0 Å². The number of nitro benzene ring substituents is 1. The average Bonchev–Trinajstić information content (AvgIpc) is 2.26. The zero-order valence-corrected chi connectivity index (χ0v) is 11.5. The Morgan fingerprint density at radius 1 is 1.62 bits per heavy atom. The number of nitro groups is 1. The molecule has 0 atom stereocenters. The second kappa shape index (κ2) is 5.36. The van der Waals surface area contributed by atoms with Crippen LogP contribution in [-0.2, 0) is 0 Å². The number of Topliss-reactive ketones (excluding diaryl/α,β-unsaturated/α-hetero) is 1. The predicted molar refractivity (Wildman–Crippen MR) is 68.7 cm³/mol. The van der Waals surface area contributed by atoms with Gasteiger partial charge >= 0.3 is 5.69 Å². The second-order valence-corrected chi connectivity index (χ2v) is 4.47. The van der Waals surface area contributed by atoms with Crippen LogP contribution in [0.4, 0.5) is 5.69 Å². The molecule has 16 heavy (non-hydrogen) atoms. The largest absolute Gasteiger partial charge is 0.301 e. The van der Waals surface area contributed by atoms with Crippen molar-refractivity contribution in [3.63, 3.8) is 0 Å². The molecule has 0 heterocycles. The van der Waals surface area contributed by atoms with Crippen LogP contribution in [0.3, 0.4) is 0 Å². The Labute approximate surface area is 113 Å². The van der Waals surface area contributed by atoms with E-state index in [0.29, 0.717) is 3.57 Å². The van der Waals surface area contributed by atoms with Crippen LogP contribution in [0.1, 0.15) is 15.9 Å². The van der Waals surface area contributed by atoms with E-state index in [-0.39, 0.29) is 27.9 Å². The Bertz CT molecular complexity index is 510. The highest BCUT2D eigenvalue weighted by atomic mass is 127. The van der Waals surface area contributed by atoms with Crippen molar-refractivity contribution in [1.82, 2.24) is 0 Å². The Balaban J connectivity index is 3.57. The molecule has 0 amide bonds. The van der Waals surface area contributed by atoms with Gasteiger partial charge in [0.15, 0.2) is 5.78 Å². The summed E-state index contributed by atoms with van der Waals surface area (Å²) in [5.41, 5.74) is -0.414. The van der Waals surface area contributed by atoms with Crippen molar-refractivity contribution >= 4 is 50.0 Å². The van der Waals surface area contributed by atoms with E-state index in [4.69, 9.17) is 5.26 Å². The van der Waals surface area contributed by atoms with Crippen LogP contribution in [0, 0.1) is 25.0 Å². The molecule has 82 valence electrons. The molecular weight excluding hydrogens is 391 g/mol. The highest BCUT2D eigenvalue weighted by molar-refractivity contribution is 14.1. The van der Waals surface area contributed by atoms with Gasteiger partial charge in [0, 0.05) is 5.56 Å². The normalized spacial score (nSPS) is 9.56. The first-order chi connectivity index (χ1) is 7.52. The Hall–Kier alpha value is -1.01. The molecule has 7 heteroatoms. The van der Waals surface area contributed by atoms with Crippen LogP contribution >= 0.6 is 38.5 Å². The molecule has 0 spiro atoms. The van der Waals surface area contributed by atoms with Gasteiger partial charge < -0.3 is 0 Å². The Morgan fingerprint density at radius 2 is 2.25 bits per heavy atom. The molecule has 0 aliphatic heterocycles. The summed E-state index contributed by atoms with van der Waals surface area (Å²) in [6, 6.07) is 4.59. The smallest absolute Gasteiger partial charge is 0.293 e. The first-order valence-corrected chi connectivity index (χ1v) is 6.19. The zero-order chi connectivity index (χ0) is 12.3. The number of rotatable bonds is 3. The zero-order valence-electron chi connectivity index (χ0n) is 7.74. The number of carbonyl (C=O) groups excluding carboxylic acids is 1. The first kappa shape index (κ1) is 13.1. The molecular formula is C9H4BrIN2O3. The number of ketones is 1. The molecule has 0 bridgehead atoms. The number of carbonyl (C=O) groups is 1. The standard InChI is InChI=1S/C9H4BrIN2O3/c10-3-8(14)5-1-2-7(11)9(13(15)16)6(5)4-12/h1-2H,3H2. The van der Waals surface area contributed by atoms with Crippen LogP contribution in [0.25, 0.3) is 0 Å². The summed E-state index contributed by atoms with van der Waals surface area (Å²) in [4.78, 5) is 21.6. The fourth-order valence-corrected chi connectivity index (χ4v) is 2.11. The lowest BCUT2D eigenvalue weighted by molar-refractivity contribution is -0.386.